The summed E-state index contributed by atoms with van der Waals surface area (Å²) in [6, 6.07) is 12.2. The number of carboxylic acid groups (broad SMARTS) is 1. The van der Waals surface area contributed by atoms with E-state index >= 15 is 0 Å². The minimum atomic E-state index is -1.10. The van der Waals surface area contributed by atoms with Gasteiger partial charge in [0.25, 0.3) is 0 Å². The van der Waals surface area contributed by atoms with Crippen LogP contribution in [0.5, 0.6) is 0 Å². The summed E-state index contributed by atoms with van der Waals surface area (Å²) in [4.78, 5) is 26.3. The third kappa shape index (κ3) is 2.79. The first-order valence-corrected chi connectivity index (χ1v) is 5.43. The second-order valence-electron chi connectivity index (χ2n) is 3.82. The molecule has 4 heteroatoms. The number of hydrogen-bond acceptors (Lipinski definition) is 3. The van der Waals surface area contributed by atoms with Gasteiger partial charge >= 0.3 is 5.97 Å². The van der Waals surface area contributed by atoms with Gasteiger partial charge in [-0.15, -0.1) is 0 Å². The summed E-state index contributed by atoms with van der Waals surface area (Å²) in [6.45, 7) is 0. The van der Waals surface area contributed by atoms with Gasteiger partial charge < -0.3 is 5.11 Å². The third-order valence-corrected chi connectivity index (χ3v) is 2.51. The van der Waals surface area contributed by atoms with E-state index in [1.165, 1.54) is 18.3 Å². The Morgan fingerprint density at radius 2 is 1.78 bits per heavy atom. The number of carboxylic acids is 1. The van der Waals surface area contributed by atoms with Crippen LogP contribution < -0.4 is 0 Å². The molecular weight excluding hydrogens is 230 g/mol. The quantitative estimate of drug-likeness (QED) is 0.833. The highest BCUT2D eigenvalue weighted by molar-refractivity contribution is 5.97. The molecule has 0 radical (unpaired) electrons. The van der Waals surface area contributed by atoms with Gasteiger partial charge in [0.2, 0.25) is 0 Å². The molecule has 1 aromatic heterocycles. The summed E-state index contributed by atoms with van der Waals surface area (Å²) in [5.41, 5.74) is 1.28. The molecule has 1 heterocycles. The predicted octanol–water partition coefficient (Wildman–Crippen LogP) is 2.21. The maximum atomic E-state index is 11.9. The average Bonchev–Trinajstić information content (AvgIpc) is 2.40. The number of nitrogens with zero attached hydrogens (tertiary/aromatic N) is 1. The maximum Gasteiger partial charge on any atom is 0.354 e. The molecule has 0 unspecified atom stereocenters. The van der Waals surface area contributed by atoms with Crippen LogP contribution in [-0.4, -0.2) is 21.8 Å². The molecule has 0 bridgehead atoms. The van der Waals surface area contributed by atoms with Crippen molar-refractivity contribution in [3.63, 3.8) is 0 Å². The summed E-state index contributed by atoms with van der Waals surface area (Å²) in [5, 5.41) is 8.70. The summed E-state index contributed by atoms with van der Waals surface area (Å²) in [6.07, 6.45) is 1.59. The molecule has 2 rings (SSSR count). The zero-order valence-corrected chi connectivity index (χ0v) is 9.54. The van der Waals surface area contributed by atoms with Crippen molar-refractivity contribution in [1.29, 1.82) is 0 Å². The number of pyridine rings is 1. The van der Waals surface area contributed by atoms with Gasteiger partial charge in [0.15, 0.2) is 5.78 Å². The van der Waals surface area contributed by atoms with Gasteiger partial charge in [0.1, 0.15) is 5.69 Å². The molecule has 0 saturated carbocycles. The number of aromatic nitrogens is 1. The fourth-order valence-electron chi connectivity index (χ4n) is 1.57. The number of carbonyl (C=O) groups excluding carboxylic acids is 1. The number of Topliss-reactive ketones (excluding diaryl/α,β-unsaturated/α-hetero) is 1. The molecule has 0 aliphatic carbocycles. The standard InChI is InChI=1S/C14H11NO3/c16-13(8-10-4-2-1-3-5-10)11-6-7-12(14(17)18)15-9-11/h1-7,9H,8H2,(H,17,18). The van der Waals surface area contributed by atoms with Gasteiger partial charge in [-0.05, 0) is 17.7 Å². The lowest BCUT2D eigenvalue weighted by Crippen LogP contribution is -2.06. The Morgan fingerprint density at radius 1 is 1.06 bits per heavy atom. The summed E-state index contributed by atoms with van der Waals surface area (Å²) in [7, 11) is 0. The average molecular weight is 241 g/mol. The molecule has 18 heavy (non-hydrogen) atoms. The van der Waals surface area contributed by atoms with E-state index in [9.17, 15) is 9.59 Å². The van der Waals surface area contributed by atoms with Crippen molar-refractivity contribution in [2.45, 2.75) is 6.42 Å². The third-order valence-electron chi connectivity index (χ3n) is 2.51. The molecule has 0 spiro atoms. The van der Waals surface area contributed by atoms with Crippen molar-refractivity contribution in [3.05, 3.63) is 65.5 Å². The SMILES string of the molecule is O=C(Cc1ccccc1)c1ccc(C(=O)O)nc1. The molecule has 0 atom stereocenters. The van der Waals surface area contributed by atoms with Crippen LogP contribution in [0.25, 0.3) is 0 Å². The minimum absolute atomic E-state index is 0.0636. The number of hydrogen-bond donors (Lipinski definition) is 1. The Morgan fingerprint density at radius 3 is 2.33 bits per heavy atom. The Bertz CT molecular complexity index is 561. The lowest BCUT2D eigenvalue weighted by atomic mass is 10.0. The lowest BCUT2D eigenvalue weighted by molar-refractivity contribution is 0.0690. The van der Waals surface area contributed by atoms with E-state index in [4.69, 9.17) is 5.11 Å². The Labute approximate surface area is 104 Å². The number of benzene rings is 1. The van der Waals surface area contributed by atoms with Gasteiger partial charge in [-0.1, -0.05) is 30.3 Å². The van der Waals surface area contributed by atoms with Crippen molar-refractivity contribution >= 4 is 11.8 Å². The first-order valence-electron chi connectivity index (χ1n) is 5.43. The molecule has 0 saturated heterocycles. The Kier molecular flexibility index (Phi) is 3.48. The fourth-order valence-corrected chi connectivity index (χ4v) is 1.57. The lowest BCUT2D eigenvalue weighted by Gasteiger charge is -2.01. The monoisotopic (exact) mass is 241 g/mol. The Balaban J connectivity index is 2.12. The number of aromatic carboxylic acids is 1. The molecule has 1 N–H and O–H groups in total. The normalized spacial score (nSPS) is 10.0. The summed E-state index contributed by atoms with van der Waals surface area (Å²) >= 11 is 0. The molecular formula is C14H11NO3. The smallest absolute Gasteiger partial charge is 0.354 e. The minimum Gasteiger partial charge on any atom is -0.477 e. The van der Waals surface area contributed by atoms with Gasteiger partial charge in [0, 0.05) is 18.2 Å². The summed E-state index contributed by atoms with van der Waals surface area (Å²) < 4.78 is 0. The van der Waals surface area contributed by atoms with Crippen LogP contribution in [0.3, 0.4) is 0 Å². The molecule has 0 aliphatic heterocycles. The van der Waals surface area contributed by atoms with Crippen molar-refractivity contribution in [1.82, 2.24) is 4.98 Å². The second kappa shape index (κ2) is 5.23. The van der Waals surface area contributed by atoms with E-state index in [1.807, 2.05) is 30.3 Å². The van der Waals surface area contributed by atoms with Crippen LogP contribution in [0.15, 0.2) is 48.7 Å². The van der Waals surface area contributed by atoms with Gasteiger partial charge in [-0.3, -0.25) is 4.79 Å². The van der Waals surface area contributed by atoms with Gasteiger partial charge in [-0.2, -0.15) is 0 Å². The van der Waals surface area contributed by atoms with Crippen LogP contribution in [0, 0.1) is 0 Å². The zero-order valence-electron chi connectivity index (χ0n) is 9.54. The van der Waals surface area contributed by atoms with E-state index < -0.39 is 5.97 Å². The molecule has 2 aromatic rings. The first kappa shape index (κ1) is 12.0. The molecule has 0 aliphatic rings. The molecule has 4 nitrogen and oxygen atoms in total. The zero-order chi connectivity index (χ0) is 13.0. The van der Waals surface area contributed by atoms with E-state index in [-0.39, 0.29) is 17.9 Å². The molecule has 90 valence electrons. The van der Waals surface area contributed by atoms with E-state index in [0.717, 1.165) is 5.56 Å². The highest BCUT2D eigenvalue weighted by Gasteiger charge is 2.09. The second-order valence-corrected chi connectivity index (χ2v) is 3.82. The largest absolute Gasteiger partial charge is 0.477 e. The molecule has 0 fully saturated rings. The number of carbonyl (C=O) groups is 2. The maximum absolute atomic E-state index is 11.9. The Hall–Kier alpha value is -2.49. The number of ketones is 1. The van der Waals surface area contributed by atoms with Gasteiger partial charge in [-0.25, -0.2) is 9.78 Å². The van der Waals surface area contributed by atoms with Gasteiger partial charge in [0.05, 0.1) is 0 Å². The number of rotatable bonds is 4. The first-order chi connectivity index (χ1) is 8.66. The topological polar surface area (TPSA) is 67.3 Å². The molecule has 1 aromatic carbocycles. The van der Waals surface area contributed by atoms with Crippen LogP contribution in [0.1, 0.15) is 26.4 Å². The highest BCUT2D eigenvalue weighted by atomic mass is 16.4. The van der Waals surface area contributed by atoms with Crippen molar-refractivity contribution in [2.75, 3.05) is 0 Å². The van der Waals surface area contributed by atoms with E-state index in [1.54, 1.807) is 0 Å². The van der Waals surface area contributed by atoms with Crippen LogP contribution in [0.4, 0.5) is 0 Å². The fraction of sp³-hybridized carbons (Fsp3) is 0.0714. The predicted molar refractivity (Wildman–Crippen MR) is 65.7 cm³/mol. The van der Waals surface area contributed by atoms with Crippen molar-refractivity contribution in [2.24, 2.45) is 0 Å². The van der Waals surface area contributed by atoms with Crippen LogP contribution in [-0.2, 0) is 6.42 Å². The van der Waals surface area contributed by atoms with Crippen LogP contribution >= 0.6 is 0 Å². The van der Waals surface area contributed by atoms with Crippen molar-refractivity contribution < 1.29 is 14.7 Å². The van der Waals surface area contributed by atoms with E-state index in [0.29, 0.717) is 5.56 Å². The van der Waals surface area contributed by atoms with Crippen molar-refractivity contribution in [3.8, 4) is 0 Å². The van der Waals surface area contributed by atoms with Crippen LogP contribution in [0.2, 0.25) is 0 Å². The summed E-state index contributed by atoms with van der Waals surface area (Å²) in [5.74, 6) is -1.18. The molecule has 0 amide bonds. The highest BCUT2D eigenvalue weighted by Crippen LogP contribution is 2.07. The van der Waals surface area contributed by atoms with E-state index in [2.05, 4.69) is 4.98 Å².